The van der Waals surface area contributed by atoms with E-state index in [0.29, 0.717) is 0 Å². The molecule has 0 aromatic carbocycles. The summed E-state index contributed by atoms with van der Waals surface area (Å²) in [6.07, 6.45) is 9.05. The summed E-state index contributed by atoms with van der Waals surface area (Å²) in [6.45, 7) is 5.50. The van der Waals surface area contributed by atoms with Crippen LogP contribution < -0.4 is 5.32 Å². The minimum absolute atomic E-state index is 0.835. The van der Waals surface area contributed by atoms with Gasteiger partial charge in [-0.15, -0.1) is 0 Å². The Bertz CT molecular complexity index is 279. The van der Waals surface area contributed by atoms with Gasteiger partial charge in [-0.1, -0.05) is 12.8 Å². The molecular formula is C15H26N2. The van der Waals surface area contributed by atoms with E-state index in [9.17, 15) is 0 Å². The molecule has 0 aromatic rings. The van der Waals surface area contributed by atoms with E-state index < -0.39 is 0 Å². The summed E-state index contributed by atoms with van der Waals surface area (Å²) in [7, 11) is 0. The van der Waals surface area contributed by atoms with Crippen LogP contribution in [0.3, 0.4) is 0 Å². The van der Waals surface area contributed by atoms with Crippen LogP contribution in [-0.4, -0.2) is 37.1 Å². The molecule has 5 unspecified atom stereocenters. The number of nitrogens with one attached hydrogen (secondary N) is 1. The van der Waals surface area contributed by atoms with Gasteiger partial charge in [-0.05, 0) is 55.9 Å². The number of likely N-dealkylation sites (tertiary alicyclic amines) is 1. The van der Waals surface area contributed by atoms with Gasteiger partial charge in [0.1, 0.15) is 0 Å². The highest BCUT2D eigenvalue weighted by Gasteiger charge is 2.42. The molecule has 2 heteroatoms. The maximum absolute atomic E-state index is 3.81. The molecule has 2 nitrogen and oxygen atoms in total. The standard InChI is InChI=1S/C15H26N2/c1-4-12-8-17(9-13(12)5-1)10-15-14-6-2-3-11(14)7-16-15/h11-16H,1-10H2. The van der Waals surface area contributed by atoms with Crippen molar-refractivity contribution in [1.29, 1.82) is 0 Å². The predicted octanol–water partition coefficient (Wildman–Crippen LogP) is 2.11. The lowest BCUT2D eigenvalue weighted by atomic mass is 9.94. The van der Waals surface area contributed by atoms with Gasteiger partial charge in [0, 0.05) is 25.7 Å². The van der Waals surface area contributed by atoms with Crippen molar-refractivity contribution in [2.75, 3.05) is 26.2 Å². The molecule has 1 N–H and O–H groups in total. The van der Waals surface area contributed by atoms with Crippen molar-refractivity contribution < 1.29 is 0 Å². The maximum Gasteiger partial charge on any atom is 0.0226 e. The Hall–Kier alpha value is -0.0800. The number of hydrogen-bond donors (Lipinski definition) is 1. The molecule has 2 aliphatic carbocycles. The van der Waals surface area contributed by atoms with Crippen LogP contribution in [0.4, 0.5) is 0 Å². The first kappa shape index (κ1) is 10.8. The SMILES string of the molecule is C1CC2CN(CC3NCC4CCCC43)CC2C1. The van der Waals surface area contributed by atoms with Gasteiger partial charge in [-0.25, -0.2) is 0 Å². The Kier molecular flexibility index (Phi) is 2.69. The topological polar surface area (TPSA) is 15.3 Å². The molecule has 4 fully saturated rings. The third-order valence-corrected chi connectivity index (χ3v) is 6.13. The van der Waals surface area contributed by atoms with E-state index >= 15 is 0 Å². The van der Waals surface area contributed by atoms with Crippen LogP contribution in [-0.2, 0) is 0 Å². The lowest BCUT2D eigenvalue weighted by molar-refractivity contribution is 0.251. The summed E-state index contributed by atoms with van der Waals surface area (Å²) < 4.78 is 0. The van der Waals surface area contributed by atoms with Gasteiger partial charge >= 0.3 is 0 Å². The highest BCUT2D eigenvalue weighted by molar-refractivity contribution is 4.97. The van der Waals surface area contributed by atoms with Crippen molar-refractivity contribution in [2.24, 2.45) is 23.7 Å². The van der Waals surface area contributed by atoms with E-state index in [1.165, 1.54) is 64.7 Å². The zero-order chi connectivity index (χ0) is 11.2. The van der Waals surface area contributed by atoms with Gasteiger partial charge in [0.15, 0.2) is 0 Å². The van der Waals surface area contributed by atoms with Crippen LogP contribution in [0, 0.1) is 23.7 Å². The summed E-state index contributed by atoms with van der Waals surface area (Å²) in [5, 5.41) is 3.81. The average molecular weight is 234 g/mol. The van der Waals surface area contributed by atoms with E-state index in [4.69, 9.17) is 0 Å². The second-order valence-electron chi connectivity index (χ2n) is 7.04. The van der Waals surface area contributed by atoms with Crippen molar-refractivity contribution in [3.8, 4) is 0 Å². The quantitative estimate of drug-likeness (QED) is 0.787. The normalized spacial score (nSPS) is 49.8. The Balaban J connectivity index is 1.36. The van der Waals surface area contributed by atoms with Crippen LogP contribution in [0.1, 0.15) is 38.5 Å². The van der Waals surface area contributed by atoms with Gasteiger partial charge in [0.2, 0.25) is 0 Å². The van der Waals surface area contributed by atoms with Crippen molar-refractivity contribution in [3.63, 3.8) is 0 Å². The lowest BCUT2D eigenvalue weighted by Crippen LogP contribution is -2.40. The third kappa shape index (κ3) is 1.84. The fraction of sp³-hybridized carbons (Fsp3) is 1.00. The number of hydrogen-bond acceptors (Lipinski definition) is 2. The fourth-order valence-corrected chi connectivity index (χ4v) is 5.26. The van der Waals surface area contributed by atoms with Crippen LogP contribution in [0.15, 0.2) is 0 Å². The zero-order valence-electron chi connectivity index (χ0n) is 10.9. The summed E-state index contributed by atoms with van der Waals surface area (Å²) >= 11 is 0. The number of nitrogens with zero attached hydrogens (tertiary/aromatic N) is 1. The molecule has 17 heavy (non-hydrogen) atoms. The molecular weight excluding hydrogens is 208 g/mol. The lowest BCUT2D eigenvalue weighted by Gasteiger charge is -2.25. The van der Waals surface area contributed by atoms with E-state index in [-0.39, 0.29) is 0 Å². The Morgan fingerprint density at radius 1 is 0.882 bits per heavy atom. The largest absolute Gasteiger partial charge is 0.312 e. The molecule has 4 aliphatic rings. The zero-order valence-corrected chi connectivity index (χ0v) is 10.9. The Morgan fingerprint density at radius 2 is 1.59 bits per heavy atom. The average Bonchev–Trinajstić information content (AvgIpc) is 2.99. The highest BCUT2D eigenvalue weighted by atomic mass is 15.2. The molecule has 0 aromatic heterocycles. The molecule has 0 radical (unpaired) electrons. The predicted molar refractivity (Wildman–Crippen MR) is 69.9 cm³/mol. The molecule has 0 amide bonds. The van der Waals surface area contributed by atoms with Crippen molar-refractivity contribution in [2.45, 2.75) is 44.6 Å². The molecule has 2 heterocycles. The van der Waals surface area contributed by atoms with E-state index in [2.05, 4.69) is 10.2 Å². The van der Waals surface area contributed by atoms with Crippen molar-refractivity contribution in [3.05, 3.63) is 0 Å². The van der Waals surface area contributed by atoms with Crippen LogP contribution >= 0.6 is 0 Å². The van der Waals surface area contributed by atoms with Crippen LogP contribution in [0.5, 0.6) is 0 Å². The van der Waals surface area contributed by atoms with Gasteiger partial charge < -0.3 is 10.2 Å². The summed E-state index contributed by atoms with van der Waals surface area (Å²) in [6, 6.07) is 0.835. The van der Waals surface area contributed by atoms with Crippen molar-refractivity contribution in [1.82, 2.24) is 10.2 Å². The van der Waals surface area contributed by atoms with Crippen LogP contribution in [0.2, 0.25) is 0 Å². The fourth-order valence-electron chi connectivity index (χ4n) is 5.26. The minimum atomic E-state index is 0.835. The summed E-state index contributed by atoms with van der Waals surface area (Å²) in [5.41, 5.74) is 0. The van der Waals surface area contributed by atoms with Crippen molar-refractivity contribution >= 4 is 0 Å². The van der Waals surface area contributed by atoms with Gasteiger partial charge in [0.25, 0.3) is 0 Å². The van der Waals surface area contributed by atoms with E-state index in [1.54, 1.807) is 0 Å². The summed E-state index contributed by atoms with van der Waals surface area (Å²) in [5.74, 6) is 4.18. The minimum Gasteiger partial charge on any atom is -0.312 e. The molecule has 5 atom stereocenters. The molecule has 4 rings (SSSR count). The van der Waals surface area contributed by atoms with Gasteiger partial charge in [0.05, 0.1) is 0 Å². The Labute approximate surface area is 105 Å². The Morgan fingerprint density at radius 3 is 2.41 bits per heavy atom. The number of rotatable bonds is 2. The molecule has 2 saturated heterocycles. The van der Waals surface area contributed by atoms with Gasteiger partial charge in [-0.3, -0.25) is 0 Å². The first-order valence-electron chi connectivity index (χ1n) is 7.86. The number of fused-ring (bicyclic) bond motifs is 2. The third-order valence-electron chi connectivity index (χ3n) is 6.13. The van der Waals surface area contributed by atoms with E-state index in [1.807, 2.05) is 0 Å². The molecule has 2 aliphatic heterocycles. The first-order valence-corrected chi connectivity index (χ1v) is 7.86. The maximum atomic E-state index is 3.81. The first-order chi connectivity index (χ1) is 8.40. The van der Waals surface area contributed by atoms with E-state index in [0.717, 1.165) is 29.7 Å². The molecule has 96 valence electrons. The summed E-state index contributed by atoms with van der Waals surface area (Å²) in [4.78, 5) is 2.78. The molecule has 2 saturated carbocycles. The van der Waals surface area contributed by atoms with Crippen LogP contribution in [0.25, 0.3) is 0 Å². The second kappa shape index (κ2) is 4.24. The molecule has 0 bridgehead atoms. The molecule has 0 spiro atoms. The smallest absolute Gasteiger partial charge is 0.0226 e. The second-order valence-corrected chi connectivity index (χ2v) is 7.04. The highest BCUT2D eigenvalue weighted by Crippen LogP contribution is 2.40. The van der Waals surface area contributed by atoms with Gasteiger partial charge in [-0.2, -0.15) is 0 Å². The monoisotopic (exact) mass is 234 g/mol.